The molecule has 1 nitrogen and oxygen atoms in total. The number of aliphatic hydroxyl groups is 1. The molecule has 0 aliphatic heterocycles. The first kappa shape index (κ1) is 13.4. The third-order valence-corrected chi connectivity index (χ3v) is 6.84. The molecular formula is C17H20Cl2O. The molecule has 5 unspecified atom stereocenters. The second-order valence-corrected chi connectivity index (χ2v) is 7.91. The minimum absolute atomic E-state index is 0.507. The molecular weight excluding hydrogens is 291 g/mol. The summed E-state index contributed by atoms with van der Waals surface area (Å²) in [4.78, 5) is 0. The fourth-order valence-corrected chi connectivity index (χ4v) is 5.76. The van der Waals surface area contributed by atoms with Gasteiger partial charge in [0.2, 0.25) is 0 Å². The lowest BCUT2D eigenvalue weighted by atomic mass is 9.71. The summed E-state index contributed by atoms with van der Waals surface area (Å²) in [5.41, 5.74) is 0.608. The highest BCUT2D eigenvalue weighted by Gasteiger charge is 2.60. The second-order valence-electron chi connectivity index (χ2n) is 7.09. The minimum atomic E-state index is -0.507. The molecule has 3 aliphatic carbocycles. The van der Waals surface area contributed by atoms with Gasteiger partial charge in [-0.3, -0.25) is 0 Å². The van der Waals surface area contributed by atoms with Gasteiger partial charge in [-0.05, 0) is 67.1 Å². The van der Waals surface area contributed by atoms with Gasteiger partial charge in [0.1, 0.15) is 0 Å². The maximum Gasteiger partial charge on any atom is 0.0721 e. The first-order valence-electron chi connectivity index (χ1n) is 7.73. The smallest absolute Gasteiger partial charge is 0.0721 e. The van der Waals surface area contributed by atoms with Crippen molar-refractivity contribution in [2.24, 2.45) is 23.7 Å². The van der Waals surface area contributed by atoms with Crippen molar-refractivity contribution in [2.45, 2.75) is 44.1 Å². The van der Waals surface area contributed by atoms with Crippen LogP contribution in [-0.2, 0) is 6.42 Å². The molecule has 108 valence electrons. The molecule has 4 rings (SSSR count). The Morgan fingerprint density at radius 2 is 1.95 bits per heavy atom. The predicted octanol–water partition coefficient (Wildman–Crippen LogP) is 4.72. The van der Waals surface area contributed by atoms with E-state index in [2.05, 4.69) is 0 Å². The monoisotopic (exact) mass is 310 g/mol. The van der Waals surface area contributed by atoms with E-state index in [0.717, 1.165) is 36.2 Å². The van der Waals surface area contributed by atoms with Crippen molar-refractivity contribution in [1.82, 2.24) is 0 Å². The molecule has 3 aliphatic rings. The van der Waals surface area contributed by atoms with Crippen molar-refractivity contribution in [3.05, 3.63) is 33.8 Å². The van der Waals surface area contributed by atoms with Crippen molar-refractivity contribution in [1.29, 1.82) is 0 Å². The number of halogens is 2. The quantitative estimate of drug-likeness (QED) is 0.837. The number of rotatable bonds is 2. The van der Waals surface area contributed by atoms with Crippen LogP contribution >= 0.6 is 23.2 Å². The molecule has 1 aromatic rings. The van der Waals surface area contributed by atoms with Crippen molar-refractivity contribution in [3.63, 3.8) is 0 Å². The molecule has 0 spiro atoms. The molecule has 20 heavy (non-hydrogen) atoms. The van der Waals surface area contributed by atoms with E-state index in [-0.39, 0.29) is 0 Å². The van der Waals surface area contributed by atoms with Crippen LogP contribution in [0.5, 0.6) is 0 Å². The summed E-state index contributed by atoms with van der Waals surface area (Å²) in [7, 11) is 0. The van der Waals surface area contributed by atoms with E-state index in [1.807, 2.05) is 18.2 Å². The first-order valence-corrected chi connectivity index (χ1v) is 8.49. The van der Waals surface area contributed by atoms with Gasteiger partial charge in [0.05, 0.1) is 15.6 Å². The van der Waals surface area contributed by atoms with Crippen LogP contribution in [0.25, 0.3) is 0 Å². The molecule has 2 bridgehead atoms. The molecule has 1 aromatic carbocycles. The topological polar surface area (TPSA) is 20.2 Å². The van der Waals surface area contributed by atoms with Crippen LogP contribution < -0.4 is 0 Å². The van der Waals surface area contributed by atoms with Crippen LogP contribution in [0, 0.1) is 23.7 Å². The standard InChI is InChI=1S/C17H20Cl2O/c18-15-5-4-10(6-16(15)19)8-17(20)9-11-7-14(17)13-3-1-2-12(11)13/h4-6,11-14,20H,1-3,7-9H2. The summed E-state index contributed by atoms with van der Waals surface area (Å²) < 4.78 is 0. The molecule has 0 heterocycles. The SMILES string of the molecule is OC1(Cc2ccc(Cl)c(Cl)c2)CC2CC1C1CCCC21. The summed E-state index contributed by atoms with van der Waals surface area (Å²) in [5, 5.41) is 12.3. The highest BCUT2D eigenvalue weighted by atomic mass is 35.5. The first-order chi connectivity index (χ1) is 9.57. The van der Waals surface area contributed by atoms with E-state index >= 15 is 0 Å². The Bertz CT molecular complexity index is 544. The molecule has 3 heteroatoms. The largest absolute Gasteiger partial charge is 0.389 e. The Morgan fingerprint density at radius 3 is 2.75 bits per heavy atom. The lowest BCUT2D eigenvalue weighted by molar-refractivity contribution is -0.0450. The van der Waals surface area contributed by atoms with Crippen LogP contribution in [0.15, 0.2) is 18.2 Å². The zero-order chi connectivity index (χ0) is 13.9. The summed E-state index contributed by atoms with van der Waals surface area (Å²) >= 11 is 12.1. The Hall–Kier alpha value is -0.240. The average Bonchev–Trinajstić information content (AvgIpc) is 3.04. The molecule has 3 saturated carbocycles. The molecule has 5 atom stereocenters. The van der Waals surface area contributed by atoms with E-state index in [1.165, 1.54) is 25.7 Å². The fourth-order valence-electron chi connectivity index (χ4n) is 5.44. The molecule has 0 radical (unpaired) electrons. The Balaban J connectivity index is 1.58. The van der Waals surface area contributed by atoms with E-state index < -0.39 is 5.60 Å². The van der Waals surface area contributed by atoms with E-state index in [9.17, 15) is 5.11 Å². The summed E-state index contributed by atoms with van der Waals surface area (Å²) in [6.45, 7) is 0. The van der Waals surface area contributed by atoms with Crippen LogP contribution in [0.1, 0.15) is 37.7 Å². The molecule has 3 fully saturated rings. The zero-order valence-corrected chi connectivity index (χ0v) is 13.0. The van der Waals surface area contributed by atoms with Gasteiger partial charge >= 0.3 is 0 Å². The second kappa shape index (κ2) is 4.63. The number of benzene rings is 1. The summed E-state index contributed by atoms with van der Waals surface area (Å²) in [6, 6.07) is 5.76. The van der Waals surface area contributed by atoms with Gasteiger partial charge in [0, 0.05) is 6.42 Å². The van der Waals surface area contributed by atoms with Crippen molar-refractivity contribution in [3.8, 4) is 0 Å². The number of fused-ring (bicyclic) bond motifs is 5. The number of hydrogen-bond donors (Lipinski definition) is 1. The Kier molecular flexibility index (Phi) is 3.11. The van der Waals surface area contributed by atoms with E-state index in [1.54, 1.807) is 0 Å². The van der Waals surface area contributed by atoms with Crippen LogP contribution in [0.4, 0.5) is 0 Å². The Morgan fingerprint density at radius 1 is 1.15 bits per heavy atom. The van der Waals surface area contributed by atoms with Gasteiger partial charge in [0.15, 0.2) is 0 Å². The van der Waals surface area contributed by atoms with Crippen LogP contribution in [0.3, 0.4) is 0 Å². The maximum absolute atomic E-state index is 11.2. The summed E-state index contributed by atoms with van der Waals surface area (Å²) in [6.07, 6.45) is 7.05. The van der Waals surface area contributed by atoms with Gasteiger partial charge in [-0.1, -0.05) is 35.7 Å². The Labute approximate surface area is 130 Å². The highest BCUT2D eigenvalue weighted by Crippen LogP contribution is 2.62. The lowest BCUT2D eigenvalue weighted by Crippen LogP contribution is -2.43. The maximum atomic E-state index is 11.2. The third kappa shape index (κ3) is 1.94. The van der Waals surface area contributed by atoms with E-state index in [4.69, 9.17) is 23.2 Å². The van der Waals surface area contributed by atoms with Gasteiger partial charge in [-0.2, -0.15) is 0 Å². The number of hydrogen-bond acceptors (Lipinski definition) is 1. The van der Waals surface area contributed by atoms with Crippen LogP contribution in [-0.4, -0.2) is 10.7 Å². The van der Waals surface area contributed by atoms with Gasteiger partial charge in [-0.25, -0.2) is 0 Å². The molecule has 0 aromatic heterocycles. The molecule has 1 N–H and O–H groups in total. The van der Waals surface area contributed by atoms with Crippen molar-refractivity contribution >= 4 is 23.2 Å². The predicted molar refractivity (Wildman–Crippen MR) is 82.2 cm³/mol. The van der Waals surface area contributed by atoms with Gasteiger partial charge in [-0.15, -0.1) is 0 Å². The molecule has 0 saturated heterocycles. The summed E-state index contributed by atoms with van der Waals surface area (Å²) in [5.74, 6) is 2.96. The van der Waals surface area contributed by atoms with Gasteiger partial charge in [0.25, 0.3) is 0 Å². The zero-order valence-electron chi connectivity index (χ0n) is 11.5. The fraction of sp³-hybridized carbons (Fsp3) is 0.647. The van der Waals surface area contributed by atoms with Crippen molar-refractivity contribution in [2.75, 3.05) is 0 Å². The molecule has 0 amide bonds. The van der Waals surface area contributed by atoms with E-state index in [0.29, 0.717) is 16.0 Å². The van der Waals surface area contributed by atoms with Gasteiger partial charge < -0.3 is 5.11 Å². The third-order valence-electron chi connectivity index (χ3n) is 6.10. The minimum Gasteiger partial charge on any atom is -0.389 e. The normalized spacial score (nSPS) is 42.1. The highest BCUT2D eigenvalue weighted by molar-refractivity contribution is 6.42. The average molecular weight is 311 g/mol. The van der Waals surface area contributed by atoms with Crippen molar-refractivity contribution < 1.29 is 5.11 Å². The van der Waals surface area contributed by atoms with Crippen LogP contribution in [0.2, 0.25) is 10.0 Å². The lowest BCUT2D eigenvalue weighted by Gasteiger charge is -2.39.